The molecule has 0 atom stereocenters. The van der Waals surface area contributed by atoms with Gasteiger partial charge >= 0.3 is 0 Å². The summed E-state index contributed by atoms with van der Waals surface area (Å²) in [5.41, 5.74) is 5.65. The fourth-order valence-corrected chi connectivity index (χ4v) is 0.383. The zero-order valence-electron chi connectivity index (χ0n) is 5.46. The minimum Gasteiger partial charge on any atom is -0.506 e. The molecule has 0 aromatic carbocycles. The lowest BCUT2D eigenvalue weighted by atomic mass is 10.3. The largest absolute Gasteiger partial charge is 0.506 e. The average Bonchev–Trinajstić information content (AvgIpc) is 1.87. The second-order valence-corrected chi connectivity index (χ2v) is 1.54. The maximum Gasteiger partial charge on any atom is 0.137 e. The van der Waals surface area contributed by atoms with Gasteiger partial charge in [0.05, 0.1) is 5.70 Å². The maximum absolute atomic E-state index is 8.84. The van der Waals surface area contributed by atoms with Crippen molar-refractivity contribution in [1.29, 1.82) is 0 Å². The van der Waals surface area contributed by atoms with Gasteiger partial charge in [0.15, 0.2) is 0 Å². The number of hydrogen-bond acceptors (Lipinski definition) is 2. The summed E-state index contributed by atoms with van der Waals surface area (Å²) >= 11 is 0. The predicted octanol–water partition coefficient (Wildman–Crippen LogP) is 1.48. The number of allylic oxidation sites excluding steroid dienone is 3. The topological polar surface area (TPSA) is 46.2 Å². The summed E-state index contributed by atoms with van der Waals surface area (Å²) < 4.78 is 0. The third-order valence-corrected chi connectivity index (χ3v) is 0.835. The van der Waals surface area contributed by atoms with Crippen LogP contribution >= 0.6 is 0 Å². The van der Waals surface area contributed by atoms with Crippen LogP contribution in [0.4, 0.5) is 0 Å². The van der Waals surface area contributed by atoms with E-state index in [0.29, 0.717) is 5.70 Å². The van der Waals surface area contributed by atoms with Crippen molar-refractivity contribution in [2.75, 3.05) is 0 Å². The van der Waals surface area contributed by atoms with Crippen LogP contribution in [0.25, 0.3) is 0 Å². The normalized spacial score (nSPS) is 13.4. The van der Waals surface area contributed by atoms with Gasteiger partial charge in [-0.2, -0.15) is 0 Å². The molecule has 0 saturated carbocycles. The van der Waals surface area contributed by atoms with Crippen LogP contribution in [0.3, 0.4) is 0 Å². The number of aliphatic hydroxyl groups is 1. The van der Waals surface area contributed by atoms with Gasteiger partial charge in [-0.15, -0.1) is 0 Å². The first kappa shape index (κ1) is 7.82. The van der Waals surface area contributed by atoms with Gasteiger partial charge in [-0.25, -0.2) is 0 Å². The van der Waals surface area contributed by atoms with E-state index in [9.17, 15) is 0 Å². The molecule has 0 aromatic heterocycles. The third kappa shape index (κ3) is 2.59. The first-order chi connectivity index (χ1) is 4.22. The van der Waals surface area contributed by atoms with Gasteiger partial charge in [0, 0.05) is 0 Å². The van der Waals surface area contributed by atoms with Crippen molar-refractivity contribution in [1.82, 2.24) is 0 Å². The van der Waals surface area contributed by atoms with E-state index in [1.807, 2.05) is 6.92 Å². The Morgan fingerprint density at radius 3 is 2.56 bits per heavy atom. The Bertz CT molecular complexity index is 156. The van der Waals surface area contributed by atoms with Crippen molar-refractivity contribution in [2.45, 2.75) is 6.92 Å². The summed E-state index contributed by atoms with van der Waals surface area (Å²) in [7, 11) is 0. The number of nitrogens with two attached hydrogens (primary N) is 1. The van der Waals surface area contributed by atoms with E-state index < -0.39 is 0 Å². The molecule has 0 aromatic rings. The maximum atomic E-state index is 8.84. The first-order valence-electron chi connectivity index (χ1n) is 2.66. The molecule has 0 aliphatic heterocycles. The smallest absolute Gasteiger partial charge is 0.137 e. The molecule has 9 heavy (non-hydrogen) atoms. The molecule has 0 saturated heterocycles. The van der Waals surface area contributed by atoms with Crippen LogP contribution in [0.5, 0.6) is 0 Å². The molecule has 0 amide bonds. The van der Waals surface area contributed by atoms with E-state index in [-0.39, 0.29) is 5.76 Å². The van der Waals surface area contributed by atoms with Crippen LogP contribution in [-0.2, 0) is 0 Å². The average molecular weight is 125 g/mol. The zero-order chi connectivity index (χ0) is 7.28. The van der Waals surface area contributed by atoms with Crippen LogP contribution in [0.2, 0.25) is 0 Å². The second kappa shape index (κ2) is 3.78. The Labute approximate surface area is 55.0 Å². The second-order valence-electron chi connectivity index (χ2n) is 1.54. The molecule has 2 heteroatoms. The van der Waals surface area contributed by atoms with Gasteiger partial charge in [0.2, 0.25) is 0 Å². The van der Waals surface area contributed by atoms with Crippen molar-refractivity contribution in [2.24, 2.45) is 5.73 Å². The molecule has 0 rings (SSSR count). The standard InChI is InChI=1S/C7H11NO/c1-3-5-6(8)7(9)4-2/h3-5,9H,2,8H2,1H3/b5-3-,7-6-. The monoisotopic (exact) mass is 125 g/mol. The summed E-state index contributed by atoms with van der Waals surface area (Å²) in [6.07, 6.45) is 4.65. The molecule has 50 valence electrons. The van der Waals surface area contributed by atoms with Crippen LogP contribution in [0.1, 0.15) is 6.92 Å². The summed E-state index contributed by atoms with van der Waals surface area (Å²) in [4.78, 5) is 0. The van der Waals surface area contributed by atoms with E-state index in [4.69, 9.17) is 10.8 Å². The molecular formula is C7H11NO. The lowest BCUT2D eigenvalue weighted by Crippen LogP contribution is -1.96. The Morgan fingerprint density at radius 2 is 2.22 bits per heavy atom. The lowest BCUT2D eigenvalue weighted by Gasteiger charge is -1.92. The van der Waals surface area contributed by atoms with Crippen LogP contribution in [-0.4, -0.2) is 5.11 Å². The van der Waals surface area contributed by atoms with Crippen LogP contribution < -0.4 is 5.73 Å². The lowest BCUT2D eigenvalue weighted by molar-refractivity contribution is 0.427. The zero-order valence-corrected chi connectivity index (χ0v) is 5.46. The van der Waals surface area contributed by atoms with E-state index in [2.05, 4.69) is 6.58 Å². The summed E-state index contributed by atoms with van der Waals surface area (Å²) in [5, 5.41) is 8.84. The molecule has 0 radical (unpaired) electrons. The Balaban J connectivity index is 4.27. The molecule has 0 spiro atoms. The Kier molecular flexibility index (Phi) is 3.28. The molecular weight excluding hydrogens is 114 g/mol. The summed E-state index contributed by atoms with van der Waals surface area (Å²) in [6.45, 7) is 5.16. The van der Waals surface area contributed by atoms with Gasteiger partial charge in [-0.3, -0.25) is 0 Å². The minimum atomic E-state index is 0.0214. The van der Waals surface area contributed by atoms with E-state index in [0.717, 1.165) is 0 Å². The molecule has 0 heterocycles. The van der Waals surface area contributed by atoms with Gasteiger partial charge in [-0.1, -0.05) is 12.7 Å². The van der Waals surface area contributed by atoms with Crippen LogP contribution in [0.15, 0.2) is 36.3 Å². The van der Waals surface area contributed by atoms with Gasteiger partial charge < -0.3 is 10.8 Å². The number of aliphatic hydroxyl groups excluding tert-OH is 1. The molecule has 0 unspecified atom stereocenters. The third-order valence-electron chi connectivity index (χ3n) is 0.835. The SMILES string of the molecule is C=C/C(O)=C(N)\C=C/C. The Morgan fingerprint density at radius 1 is 1.67 bits per heavy atom. The van der Waals surface area contributed by atoms with Crippen molar-refractivity contribution < 1.29 is 5.11 Å². The fourth-order valence-electron chi connectivity index (χ4n) is 0.383. The first-order valence-corrected chi connectivity index (χ1v) is 2.66. The predicted molar refractivity (Wildman–Crippen MR) is 38.9 cm³/mol. The van der Waals surface area contributed by atoms with Crippen molar-refractivity contribution in [3.05, 3.63) is 36.3 Å². The molecule has 0 fully saturated rings. The molecule has 0 aliphatic carbocycles. The highest BCUT2D eigenvalue weighted by molar-refractivity contribution is 5.23. The van der Waals surface area contributed by atoms with Gasteiger partial charge in [-0.05, 0) is 19.1 Å². The molecule has 0 bridgehead atoms. The fraction of sp³-hybridized carbons (Fsp3) is 0.143. The van der Waals surface area contributed by atoms with Gasteiger partial charge in [0.1, 0.15) is 5.76 Å². The molecule has 0 aliphatic rings. The summed E-state index contributed by atoms with van der Waals surface area (Å²) in [5.74, 6) is 0.0214. The van der Waals surface area contributed by atoms with Crippen LogP contribution in [0, 0.1) is 0 Å². The highest BCUT2D eigenvalue weighted by Crippen LogP contribution is 1.95. The van der Waals surface area contributed by atoms with Gasteiger partial charge in [0.25, 0.3) is 0 Å². The molecule has 2 nitrogen and oxygen atoms in total. The number of hydrogen-bond donors (Lipinski definition) is 2. The van der Waals surface area contributed by atoms with Crippen molar-refractivity contribution >= 4 is 0 Å². The Hall–Kier alpha value is -1.18. The molecule has 3 N–H and O–H groups in total. The highest BCUT2D eigenvalue weighted by atomic mass is 16.3. The quantitative estimate of drug-likeness (QED) is 0.433. The minimum absolute atomic E-state index is 0.0214. The van der Waals surface area contributed by atoms with E-state index >= 15 is 0 Å². The summed E-state index contributed by atoms with van der Waals surface area (Å²) in [6, 6.07) is 0. The van der Waals surface area contributed by atoms with E-state index in [1.54, 1.807) is 12.2 Å². The van der Waals surface area contributed by atoms with Crippen molar-refractivity contribution in [3.63, 3.8) is 0 Å². The van der Waals surface area contributed by atoms with Crippen molar-refractivity contribution in [3.8, 4) is 0 Å². The number of rotatable bonds is 2. The van der Waals surface area contributed by atoms with E-state index in [1.165, 1.54) is 6.08 Å². The highest BCUT2D eigenvalue weighted by Gasteiger charge is 1.87.